The van der Waals surface area contributed by atoms with Crippen LogP contribution in [0.4, 0.5) is 0 Å². The molecular weight excluding hydrogens is 497 g/mol. The Kier molecular flexibility index (Phi) is 9.77. The van der Waals surface area contributed by atoms with Gasteiger partial charge >= 0.3 is 0 Å². The van der Waals surface area contributed by atoms with E-state index in [4.69, 9.17) is 0 Å². The van der Waals surface area contributed by atoms with Gasteiger partial charge in [0.2, 0.25) is 10.0 Å². The fraction of sp³-hybridized carbons (Fsp3) is 0.471. The fourth-order valence-electron chi connectivity index (χ4n) is 2.42. The highest BCUT2D eigenvalue weighted by Gasteiger charge is 2.15. The number of aryl methyl sites for hydroxylation is 2. The first kappa shape index (κ1) is 23.9. The topological polar surface area (TPSA) is 78.7 Å². The quantitative estimate of drug-likeness (QED) is 0.240. The second-order valence-corrected chi connectivity index (χ2v) is 9.25. The van der Waals surface area contributed by atoms with E-state index in [-0.39, 0.29) is 30.5 Å². The van der Waals surface area contributed by atoms with Crippen LogP contribution in [0.5, 0.6) is 0 Å². The van der Waals surface area contributed by atoms with E-state index in [0.717, 1.165) is 23.9 Å². The van der Waals surface area contributed by atoms with Crippen LogP contribution < -0.4 is 10.0 Å². The van der Waals surface area contributed by atoms with E-state index in [0.29, 0.717) is 10.8 Å². The molecule has 7 nitrogen and oxygen atoms in total. The van der Waals surface area contributed by atoms with Gasteiger partial charge in [-0.25, -0.2) is 13.1 Å². The predicted molar refractivity (Wildman–Crippen MR) is 123 cm³/mol. The molecule has 0 bridgehead atoms. The second kappa shape index (κ2) is 11.0. The van der Waals surface area contributed by atoms with Crippen molar-refractivity contribution in [1.82, 2.24) is 19.5 Å². The smallest absolute Gasteiger partial charge is 0.250 e. The second-order valence-electron chi connectivity index (χ2n) is 5.97. The normalized spacial score (nSPS) is 11.9. The number of aliphatic imine (C=N–C) groups is 1. The van der Waals surface area contributed by atoms with E-state index in [1.807, 2.05) is 45.1 Å². The van der Waals surface area contributed by atoms with Gasteiger partial charge < -0.3 is 14.8 Å². The van der Waals surface area contributed by atoms with Crippen molar-refractivity contribution in [2.45, 2.75) is 24.6 Å². The van der Waals surface area contributed by atoms with E-state index in [9.17, 15) is 8.42 Å². The van der Waals surface area contributed by atoms with E-state index in [1.54, 1.807) is 12.1 Å². The molecule has 2 aromatic heterocycles. The van der Waals surface area contributed by atoms with Gasteiger partial charge in [-0.3, -0.25) is 4.99 Å². The van der Waals surface area contributed by atoms with Crippen molar-refractivity contribution in [3.05, 3.63) is 41.0 Å². The van der Waals surface area contributed by atoms with Crippen LogP contribution in [-0.4, -0.2) is 50.5 Å². The summed E-state index contributed by atoms with van der Waals surface area (Å²) in [5, 5.41) is 3.24. The molecule has 2 heterocycles. The van der Waals surface area contributed by atoms with E-state index in [2.05, 4.69) is 25.7 Å². The SMILES string of the molecule is CCNC(=NCCNS(=O)(=O)c1ccc(C)s1)N(C)Cc1cccn1C.I. The first-order chi connectivity index (χ1) is 12.3. The van der Waals surface area contributed by atoms with Crippen LogP contribution in [0.2, 0.25) is 0 Å². The minimum atomic E-state index is -3.45. The lowest BCUT2D eigenvalue weighted by Gasteiger charge is -2.22. The highest BCUT2D eigenvalue weighted by molar-refractivity contribution is 14.0. The van der Waals surface area contributed by atoms with Gasteiger partial charge in [0.1, 0.15) is 4.21 Å². The highest BCUT2D eigenvalue weighted by atomic mass is 127. The van der Waals surface area contributed by atoms with Gasteiger partial charge in [-0.05, 0) is 38.1 Å². The third-order valence-electron chi connectivity index (χ3n) is 3.79. The summed E-state index contributed by atoms with van der Waals surface area (Å²) in [7, 11) is 0.519. The van der Waals surface area contributed by atoms with Crippen LogP contribution in [0, 0.1) is 6.92 Å². The Morgan fingerprint density at radius 1 is 1.33 bits per heavy atom. The van der Waals surface area contributed by atoms with Gasteiger partial charge in [0.25, 0.3) is 0 Å². The Morgan fingerprint density at radius 2 is 2.07 bits per heavy atom. The van der Waals surface area contributed by atoms with Crippen LogP contribution in [0.1, 0.15) is 17.5 Å². The largest absolute Gasteiger partial charge is 0.357 e. The number of nitrogens with zero attached hydrogens (tertiary/aromatic N) is 3. The lowest BCUT2D eigenvalue weighted by molar-refractivity contribution is 0.462. The van der Waals surface area contributed by atoms with Crippen molar-refractivity contribution < 1.29 is 8.42 Å². The molecule has 0 aliphatic rings. The molecule has 27 heavy (non-hydrogen) atoms. The standard InChI is InChI=1S/C17H27N5O2S2.HI/c1-5-18-17(22(4)13-15-7-6-12-21(15)3)19-10-11-20-26(23,24)16-9-8-14(2)25-16;/h6-9,12,20H,5,10-11,13H2,1-4H3,(H,18,19);1H. The highest BCUT2D eigenvalue weighted by Crippen LogP contribution is 2.19. The summed E-state index contributed by atoms with van der Waals surface area (Å²) >= 11 is 1.27. The summed E-state index contributed by atoms with van der Waals surface area (Å²) in [6, 6.07) is 7.51. The van der Waals surface area contributed by atoms with E-state index >= 15 is 0 Å². The number of halogens is 1. The van der Waals surface area contributed by atoms with Crippen LogP contribution >= 0.6 is 35.3 Å². The third kappa shape index (κ3) is 7.09. The molecular formula is C17H28IN5O2S2. The number of hydrogen-bond donors (Lipinski definition) is 2. The van der Waals surface area contributed by atoms with E-state index in [1.165, 1.54) is 17.0 Å². The Morgan fingerprint density at radius 3 is 2.63 bits per heavy atom. The number of thiophene rings is 1. The lowest BCUT2D eigenvalue weighted by atomic mass is 10.4. The molecule has 10 heteroatoms. The zero-order chi connectivity index (χ0) is 19.2. The summed E-state index contributed by atoms with van der Waals surface area (Å²) in [5.41, 5.74) is 1.17. The number of rotatable bonds is 8. The van der Waals surface area contributed by atoms with Gasteiger partial charge in [0.05, 0.1) is 13.1 Å². The van der Waals surface area contributed by atoms with Gasteiger partial charge in [0, 0.05) is 44.0 Å². The van der Waals surface area contributed by atoms with Gasteiger partial charge in [-0.1, -0.05) is 0 Å². The Hall–Kier alpha value is -1.11. The van der Waals surface area contributed by atoms with Crippen LogP contribution in [0.25, 0.3) is 0 Å². The lowest BCUT2D eigenvalue weighted by Crippen LogP contribution is -2.39. The van der Waals surface area contributed by atoms with Crippen molar-refractivity contribution >= 4 is 51.3 Å². The molecule has 0 fully saturated rings. The number of nitrogens with one attached hydrogen (secondary N) is 2. The molecule has 152 valence electrons. The zero-order valence-corrected chi connectivity index (χ0v) is 20.1. The fourth-order valence-corrected chi connectivity index (χ4v) is 4.77. The maximum Gasteiger partial charge on any atom is 0.250 e. The van der Waals surface area contributed by atoms with Crippen molar-refractivity contribution in [2.24, 2.45) is 12.0 Å². The maximum absolute atomic E-state index is 12.2. The third-order valence-corrected chi connectivity index (χ3v) is 6.75. The molecule has 0 saturated heterocycles. The van der Waals surface area contributed by atoms with Crippen molar-refractivity contribution in [3.63, 3.8) is 0 Å². The molecule has 0 aromatic carbocycles. The summed E-state index contributed by atoms with van der Waals surface area (Å²) in [6.45, 7) is 5.98. The first-order valence-electron chi connectivity index (χ1n) is 8.49. The monoisotopic (exact) mass is 525 g/mol. The van der Waals surface area contributed by atoms with E-state index < -0.39 is 10.0 Å². The molecule has 0 saturated carbocycles. The van der Waals surface area contributed by atoms with Crippen molar-refractivity contribution in [1.29, 1.82) is 0 Å². The van der Waals surface area contributed by atoms with Crippen LogP contribution in [-0.2, 0) is 23.6 Å². The average Bonchev–Trinajstić information content (AvgIpc) is 3.19. The predicted octanol–water partition coefficient (Wildman–Crippen LogP) is 2.39. The zero-order valence-electron chi connectivity index (χ0n) is 16.1. The summed E-state index contributed by atoms with van der Waals surface area (Å²) in [4.78, 5) is 7.52. The molecule has 0 amide bonds. The number of hydrogen-bond acceptors (Lipinski definition) is 4. The number of aromatic nitrogens is 1. The van der Waals surface area contributed by atoms with Crippen LogP contribution in [0.15, 0.2) is 39.7 Å². The summed E-state index contributed by atoms with van der Waals surface area (Å²) in [6.07, 6.45) is 2.01. The Labute approximate surface area is 182 Å². The van der Waals surface area contributed by atoms with Gasteiger partial charge in [-0.15, -0.1) is 35.3 Å². The molecule has 0 unspecified atom stereocenters. The number of guanidine groups is 1. The molecule has 2 aromatic rings. The maximum atomic E-state index is 12.2. The number of sulfonamides is 1. The minimum Gasteiger partial charge on any atom is -0.357 e. The summed E-state index contributed by atoms with van der Waals surface area (Å²) in [5.74, 6) is 0.750. The minimum absolute atomic E-state index is 0. The van der Waals surface area contributed by atoms with Gasteiger partial charge in [0.15, 0.2) is 5.96 Å². The molecule has 0 aliphatic heterocycles. The van der Waals surface area contributed by atoms with Crippen molar-refractivity contribution in [2.75, 3.05) is 26.7 Å². The molecule has 0 spiro atoms. The average molecular weight is 525 g/mol. The van der Waals surface area contributed by atoms with Gasteiger partial charge in [-0.2, -0.15) is 0 Å². The summed E-state index contributed by atoms with van der Waals surface area (Å²) < 4.78 is 29.5. The molecule has 0 radical (unpaired) electrons. The Bertz CT molecular complexity index is 845. The molecule has 2 rings (SSSR count). The first-order valence-corrected chi connectivity index (χ1v) is 10.8. The van der Waals surface area contributed by atoms with Crippen LogP contribution in [0.3, 0.4) is 0 Å². The Balaban J connectivity index is 0.00000364. The molecule has 2 N–H and O–H groups in total. The molecule has 0 aliphatic carbocycles. The molecule has 0 atom stereocenters. The van der Waals surface area contributed by atoms with Crippen molar-refractivity contribution in [3.8, 4) is 0 Å².